The largest absolute Gasteiger partial charge is 0.490 e. The number of nitrogens with zero attached hydrogens (tertiary/aromatic N) is 3. The van der Waals surface area contributed by atoms with Crippen LogP contribution >= 0.6 is 0 Å². The van der Waals surface area contributed by atoms with Crippen LogP contribution in [0.25, 0.3) is 11.4 Å². The molecular formula is C24H31N5O4. The van der Waals surface area contributed by atoms with Crippen LogP contribution in [0.1, 0.15) is 20.8 Å². The van der Waals surface area contributed by atoms with Gasteiger partial charge in [0.1, 0.15) is 0 Å². The van der Waals surface area contributed by atoms with E-state index in [-0.39, 0.29) is 0 Å². The molecule has 9 nitrogen and oxygen atoms in total. The average Bonchev–Trinajstić information content (AvgIpc) is 3.31. The molecule has 0 spiro atoms. The van der Waals surface area contributed by atoms with Gasteiger partial charge in [-0.05, 0) is 57.2 Å². The zero-order valence-corrected chi connectivity index (χ0v) is 19.4. The van der Waals surface area contributed by atoms with Crippen molar-refractivity contribution in [1.82, 2.24) is 15.2 Å². The van der Waals surface area contributed by atoms with E-state index in [0.717, 1.165) is 37.6 Å². The van der Waals surface area contributed by atoms with Crippen molar-refractivity contribution >= 4 is 17.3 Å². The van der Waals surface area contributed by atoms with Crippen molar-refractivity contribution in [3.8, 4) is 28.6 Å². The fourth-order valence-electron chi connectivity index (χ4n) is 3.68. The first-order valence-corrected chi connectivity index (χ1v) is 11.4. The third-order valence-corrected chi connectivity index (χ3v) is 5.17. The fourth-order valence-corrected chi connectivity index (χ4v) is 3.68. The number of morpholine rings is 1. The molecule has 1 fully saturated rings. The van der Waals surface area contributed by atoms with Gasteiger partial charge in [0.2, 0.25) is 11.7 Å². The molecule has 1 aliphatic rings. The lowest BCUT2D eigenvalue weighted by Crippen LogP contribution is -2.36. The number of hydrogen-bond donors (Lipinski definition) is 2. The zero-order chi connectivity index (χ0) is 23.0. The minimum absolute atomic E-state index is 0.480. The van der Waals surface area contributed by atoms with E-state index in [2.05, 4.69) is 37.5 Å². The Hall–Kier alpha value is -3.46. The Morgan fingerprint density at radius 1 is 0.939 bits per heavy atom. The number of rotatable bonds is 10. The number of benzene rings is 2. The van der Waals surface area contributed by atoms with E-state index in [1.54, 1.807) is 0 Å². The number of ether oxygens (including phenoxy) is 4. The van der Waals surface area contributed by atoms with Crippen molar-refractivity contribution in [3.63, 3.8) is 0 Å². The van der Waals surface area contributed by atoms with Crippen LogP contribution < -0.4 is 24.4 Å². The molecule has 0 unspecified atom stereocenters. The zero-order valence-electron chi connectivity index (χ0n) is 19.4. The molecule has 9 heteroatoms. The molecule has 0 saturated carbocycles. The predicted octanol–water partition coefficient (Wildman–Crippen LogP) is 4.25. The van der Waals surface area contributed by atoms with Crippen molar-refractivity contribution < 1.29 is 18.9 Å². The molecule has 2 N–H and O–H groups in total. The molecule has 0 radical (unpaired) electrons. The Morgan fingerprint density at radius 3 is 2.18 bits per heavy atom. The maximum Gasteiger partial charge on any atom is 0.246 e. The summed E-state index contributed by atoms with van der Waals surface area (Å²) in [6.07, 6.45) is 0. The molecule has 33 heavy (non-hydrogen) atoms. The Bertz CT molecular complexity index is 1000. The molecule has 0 atom stereocenters. The van der Waals surface area contributed by atoms with Gasteiger partial charge in [-0.1, -0.05) is 0 Å². The highest BCUT2D eigenvalue weighted by molar-refractivity contribution is 5.68. The van der Waals surface area contributed by atoms with Gasteiger partial charge in [-0.25, -0.2) is 0 Å². The molecule has 2 heterocycles. The standard InChI is InChI=1S/C24H31N5O4/c1-4-31-20-15-17(16-21(32-5-2)22(20)33-6-3)23-26-24(28-27-23)25-18-7-9-19(10-8-18)29-11-13-30-14-12-29/h7-10,15-16H,4-6,11-14H2,1-3H3,(H2,25,26,27,28). The molecule has 0 bridgehead atoms. The maximum atomic E-state index is 5.81. The molecule has 0 aliphatic carbocycles. The first kappa shape index (κ1) is 22.7. The van der Waals surface area contributed by atoms with Crippen LogP contribution in [0.2, 0.25) is 0 Å². The Labute approximate surface area is 194 Å². The van der Waals surface area contributed by atoms with Crippen LogP contribution in [0.4, 0.5) is 17.3 Å². The van der Waals surface area contributed by atoms with E-state index >= 15 is 0 Å². The van der Waals surface area contributed by atoms with Crippen molar-refractivity contribution in [2.45, 2.75) is 20.8 Å². The second kappa shape index (κ2) is 10.9. The molecule has 3 aromatic rings. The van der Waals surface area contributed by atoms with E-state index < -0.39 is 0 Å². The van der Waals surface area contributed by atoms with Gasteiger partial charge in [-0.2, -0.15) is 4.98 Å². The monoisotopic (exact) mass is 453 g/mol. The number of hydrogen-bond acceptors (Lipinski definition) is 8. The van der Waals surface area contributed by atoms with Gasteiger partial charge >= 0.3 is 0 Å². The van der Waals surface area contributed by atoms with Crippen LogP contribution in [-0.2, 0) is 4.74 Å². The molecule has 4 rings (SSSR count). The van der Waals surface area contributed by atoms with Gasteiger partial charge in [-0.3, -0.25) is 5.10 Å². The number of H-pyrrole nitrogens is 1. The highest BCUT2D eigenvalue weighted by Crippen LogP contribution is 2.41. The molecular weight excluding hydrogens is 422 g/mol. The van der Waals surface area contributed by atoms with Crippen molar-refractivity contribution in [2.24, 2.45) is 0 Å². The SMILES string of the molecule is CCOc1cc(-c2nc(Nc3ccc(N4CCOCC4)cc3)n[nH]2)cc(OCC)c1OCC. The predicted molar refractivity (Wildman–Crippen MR) is 128 cm³/mol. The van der Waals surface area contributed by atoms with Gasteiger partial charge in [0.15, 0.2) is 17.3 Å². The van der Waals surface area contributed by atoms with Crippen LogP contribution in [0, 0.1) is 0 Å². The number of aromatic nitrogens is 3. The van der Waals surface area contributed by atoms with Crippen LogP contribution in [0.15, 0.2) is 36.4 Å². The summed E-state index contributed by atoms with van der Waals surface area (Å²) in [5, 5.41) is 10.6. The number of aromatic amines is 1. The van der Waals surface area contributed by atoms with Crippen LogP contribution in [0.5, 0.6) is 17.2 Å². The number of nitrogens with one attached hydrogen (secondary N) is 2. The number of anilines is 3. The quantitative estimate of drug-likeness (QED) is 0.471. The lowest BCUT2D eigenvalue weighted by atomic mass is 10.1. The summed E-state index contributed by atoms with van der Waals surface area (Å²) < 4.78 is 22.8. The summed E-state index contributed by atoms with van der Waals surface area (Å²) in [7, 11) is 0. The van der Waals surface area contributed by atoms with Gasteiger partial charge in [0.25, 0.3) is 0 Å². The summed E-state index contributed by atoms with van der Waals surface area (Å²) in [6, 6.07) is 12.0. The Kier molecular flexibility index (Phi) is 7.51. The maximum absolute atomic E-state index is 5.81. The summed E-state index contributed by atoms with van der Waals surface area (Å²) in [6.45, 7) is 10.7. The second-order valence-electron chi connectivity index (χ2n) is 7.38. The highest BCUT2D eigenvalue weighted by Gasteiger charge is 2.18. The van der Waals surface area contributed by atoms with E-state index in [1.807, 2.05) is 45.0 Å². The average molecular weight is 454 g/mol. The van der Waals surface area contributed by atoms with Gasteiger partial charge in [-0.15, -0.1) is 5.10 Å². The lowest BCUT2D eigenvalue weighted by Gasteiger charge is -2.28. The smallest absolute Gasteiger partial charge is 0.246 e. The summed E-state index contributed by atoms with van der Waals surface area (Å²) >= 11 is 0. The van der Waals surface area contributed by atoms with Gasteiger partial charge in [0, 0.05) is 30.0 Å². The summed E-state index contributed by atoms with van der Waals surface area (Å²) in [5.41, 5.74) is 2.89. The van der Waals surface area contributed by atoms with E-state index in [1.165, 1.54) is 5.69 Å². The van der Waals surface area contributed by atoms with Crippen molar-refractivity contribution in [3.05, 3.63) is 36.4 Å². The molecule has 1 aliphatic heterocycles. The lowest BCUT2D eigenvalue weighted by molar-refractivity contribution is 0.122. The second-order valence-corrected chi connectivity index (χ2v) is 7.38. The summed E-state index contributed by atoms with van der Waals surface area (Å²) in [4.78, 5) is 6.93. The van der Waals surface area contributed by atoms with Crippen molar-refractivity contribution in [2.75, 3.05) is 56.3 Å². The first-order valence-electron chi connectivity index (χ1n) is 11.4. The Morgan fingerprint density at radius 2 is 1.58 bits per heavy atom. The molecule has 0 amide bonds. The van der Waals surface area contributed by atoms with Gasteiger partial charge < -0.3 is 29.2 Å². The molecule has 1 aromatic heterocycles. The van der Waals surface area contributed by atoms with Crippen molar-refractivity contribution in [1.29, 1.82) is 0 Å². The topological polar surface area (TPSA) is 93.8 Å². The van der Waals surface area contributed by atoms with E-state index in [4.69, 9.17) is 18.9 Å². The molecule has 2 aromatic carbocycles. The Balaban J connectivity index is 1.52. The first-order chi connectivity index (χ1) is 16.2. The fraction of sp³-hybridized carbons (Fsp3) is 0.417. The third-order valence-electron chi connectivity index (χ3n) is 5.17. The van der Waals surface area contributed by atoms with E-state index in [0.29, 0.717) is 48.8 Å². The highest BCUT2D eigenvalue weighted by atomic mass is 16.5. The van der Waals surface area contributed by atoms with Gasteiger partial charge in [0.05, 0.1) is 33.0 Å². The minimum atomic E-state index is 0.480. The summed E-state index contributed by atoms with van der Waals surface area (Å²) in [5.74, 6) is 2.92. The van der Waals surface area contributed by atoms with Crippen LogP contribution in [0.3, 0.4) is 0 Å². The minimum Gasteiger partial charge on any atom is -0.490 e. The van der Waals surface area contributed by atoms with E-state index in [9.17, 15) is 0 Å². The van der Waals surface area contributed by atoms with Crippen LogP contribution in [-0.4, -0.2) is 61.3 Å². The third kappa shape index (κ3) is 5.48. The molecule has 176 valence electrons. The normalized spacial score (nSPS) is 13.6. The molecule has 1 saturated heterocycles.